The molecule has 4 aromatic rings. The number of rotatable bonds is 7. The van der Waals surface area contributed by atoms with Crippen LogP contribution in [0.1, 0.15) is 15.9 Å². The summed E-state index contributed by atoms with van der Waals surface area (Å²) >= 11 is 0. The van der Waals surface area contributed by atoms with E-state index in [4.69, 9.17) is 9.47 Å². The van der Waals surface area contributed by atoms with Crippen molar-refractivity contribution in [3.05, 3.63) is 90.4 Å². The van der Waals surface area contributed by atoms with Crippen LogP contribution in [0.15, 0.2) is 79.3 Å². The molecule has 2 aromatic heterocycles. The molecule has 8 nitrogen and oxygen atoms in total. The number of ether oxygens (including phenoxy) is 2. The highest BCUT2D eigenvalue weighted by atomic mass is 16.5. The highest BCUT2D eigenvalue weighted by Gasteiger charge is 2.22. The number of anilines is 1. The summed E-state index contributed by atoms with van der Waals surface area (Å²) in [6.07, 6.45) is 4.93. The standard InChI is InChI=1S/C26H23N3O5/c1-33-24-13-22(28-15-25(24)34-2)18-5-7-19(8-6-18)29(16-17-4-3-11-27-14-17)26(32)21-10-9-20(30)12-23(21)31/h3-15,30-31H,16H2,1-2H3. The predicted molar refractivity (Wildman–Crippen MR) is 127 cm³/mol. The quantitative estimate of drug-likeness (QED) is 0.423. The molecule has 0 fully saturated rings. The van der Waals surface area contributed by atoms with E-state index < -0.39 is 5.91 Å². The average molecular weight is 457 g/mol. The van der Waals surface area contributed by atoms with Crippen LogP contribution in [0.25, 0.3) is 11.3 Å². The Kier molecular flexibility index (Phi) is 6.59. The lowest BCUT2D eigenvalue weighted by molar-refractivity contribution is 0.0982. The first-order valence-electron chi connectivity index (χ1n) is 10.4. The minimum atomic E-state index is -0.418. The Balaban J connectivity index is 1.69. The number of hydrogen-bond acceptors (Lipinski definition) is 7. The molecule has 0 unspecified atom stereocenters. The molecule has 0 saturated carbocycles. The van der Waals surface area contributed by atoms with E-state index in [0.717, 1.165) is 17.2 Å². The number of hydrogen-bond donors (Lipinski definition) is 2. The fourth-order valence-electron chi connectivity index (χ4n) is 3.51. The van der Waals surface area contributed by atoms with Crippen LogP contribution in [0, 0.1) is 0 Å². The zero-order valence-corrected chi connectivity index (χ0v) is 18.7. The number of benzene rings is 2. The lowest BCUT2D eigenvalue weighted by Gasteiger charge is -2.24. The second-order valence-electron chi connectivity index (χ2n) is 7.43. The molecule has 1 amide bonds. The maximum absolute atomic E-state index is 13.4. The molecule has 0 aliphatic heterocycles. The summed E-state index contributed by atoms with van der Waals surface area (Å²) in [6, 6.07) is 16.6. The van der Waals surface area contributed by atoms with Crippen molar-refractivity contribution in [1.82, 2.24) is 9.97 Å². The van der Waals surface area contributed by atoms with Gasteiger partial charge in [0.15, 0.2) is 11.5 Å². The molecule has 0 atom stereocenters. The Hall–Kier alpha value is -4.59. The van der Waals surface area contributed by atoms with Gasteiger partial charge in [-0.1, -0.05) is 18.2 Å². The Morgan fingerprint density at radius 1 is 0.941 bits per heavy atom. The molecule has 8 heteroatoms. The molecule has 0 aliphatic carbocycles. The van der Waals surface area contributed by atoms with Crippen LogP contribution < -0.4 is 14.4 Å². The molecule has 0 saturated heterocycles. The van der Waals surface area contributed by atoms with E-state index in [1.54, 1.807) is 57.1 Å². The van der Waals surface area contributed by atoms with Crippen molar-refractivity contribution in [2.45, 2.75) is 6.54 Å². The number of carbonyl (C=O) groups is 1. The van der Waals surface area contributed by atoms with Gasteiger partial charge in [0.05, 0.1) is 38.2 Å². The summed E-state index contributed by atoms with van der Waals surface area (Å²) in [5, 5.41) is 19.9. The van der Waals surface area contributed by atoms with Crippen LogP contribution in [0.5, 0.6) is 23.0 Å². The molecule has 0 spiro atoms. The summed E-state index contributed by atoms with van der Waals surface area (Å²) in [5.74, 6) is 0.253. The third kappa shape index (κ3) is 4.75. The van der Waals surface area contributed by atoms with E-state index in [9.17, 15) is 15.0 Å². The van der Waals surface area contributed by atoms with Crippen molar-refractivity contribution in [1.29, 1.82) is 0 Å². The number of carbonyl (C=O) groups excluding carboxylic acids is 1. The number of methoxy groups -OCH3 is 2. The lowest BCUT2D eigenvalue weighted by atomic mass is 10.1. The van der Waals surface area contributed by atoms with Gasteiger partial charge in [-0.05, 0) is 35.9 Å². The average Bonchev–Trinajstić information content (AvgIpc) is 2.87. The fraction of sp³-hybridized carbons (Fsp3) is 0.115. The van der Waals surface area contributed by atoms with Gasteiger partial charge >= 0.3 is 0 Å². The molecule has 34 heavy (non-hydrogen) atoms. The fourth-order valence-corrected chi connectivity index (χ4v) is 3.51. The first-order valence-corrected chi connectivity index (χ1v) is 10.4. The van der Waals surface area contributed by atoms with Gasteiger partial charge in [-0.2, -0.15) is 0 Å². The van der Waals surface area contributed by atoms with Crippen molar-refractivity contribution in [2.24, 2.45) is 0 Å². The molecule has 2 aromatic carbocycles. The van der Waals surface area contributed by atoms with E-state index in [-0.39, 0.29) is 23.6 Å². The first kappa shape index (κ1) is 22.6. The number of nitrogens with zero attached hydrogens (tertiary/aromatic N) is 3. The molecule has 0 radical (unpaired) electrons. The molecule has 2 N–H and O–H groups in total. The highest BCUT2D eigenvalue weighted by Crippen LogP contribution is 2.32. The number of aromatic nitrogens is 2. The van der Waals surface area contributed by atoms with E-state index in [2.05, 4.69) is 9.97 Å². The van der Waals surface area contributed by atoms with Crippen LogP contribution in [0.3, 0.4) is 0 Å². The smallest absolute Gasteiger partial charge is 0.262 e. The predicted octanol–water partition coefficient (Wildman–Crippen LogP) is 4.42. The van der Waals surface area contributed by atoms with Crippen molar-refractivity contribution < 1.29 is 24.5 Å². The van der Waals surface area contributed by atoms with Gasteiger partial charge in [0.25, 0.3) is 5.91 Å². The number of aromatic hydroxyl groups is 2. The summed E-state index contributed by atoms with van der Waals surface area (Å²) in [6.45, 7) is 0.237. The first-order chi connectivity index (χ1) is 16.5. The number of phenolic OH excluding ortho intramolecular Hbond substituents is 2. The third-order valence-corrected chi connectivity index (χ3v) is 5.27. The van der Waals surface area contributed by atoms with Gasteiger partial charge in [0.2, 0.25) is 0 Å². The van der Waals surface area contributed by atoms with Crippen molar-refractivity contribution >= 4 is 11.6 Å². The van der Waals surface area contributed by atoms with E-state index in [1.165, 1.54) is 17.0 Å². The molecule has 172 valence electrons. The zero-order chi connectivity index (χ0) is 24.1. The van der Waals surface area contributed by atoms with E-state index >= 15 is 0 Å². The maximum Gasteiger partial charge on any atom is 0.262 e. The Bertz CT molecular complexity index is 1290. The SMILES string of the molecule is COc1cnc(-c2ccc(N(Cc3cccnc3)C(=O)c3ccc(O)cc3O)cc2)cc1OC. The Morgan fingerprint density at radius 2 is 1.71 bits per heavy atom. The minimum absolute atomic E-state index is 0.0762. The highest BCUT2D eigenvalue weighted by molar-refractivity contribution is 6.08. The lowest BCUT2D eigenvalue weighted by Crippen LogP contribution is -2.30. The second kappa shape index (κ2) is 9.91. The zero-order valence-electron chi connectivity index (χ0n) is 18.7. The molecular weight excluding hydrogens is 434 g/mol. The van der Waals surface area contributed by atoms with Gasteiger partial charge in [-0.25, -0.2) is 0 Å². The van der Waals surface area contributed by atoms with E-state index in [1.807, 2.05) is 18.2 Å². The third-order valence-electron chi connectivity index (χ3n) is 5.27. The van der Waals surface area contributed by atoms with Crippen LogP contribution in [-0.4, -0.2) is 40.3 Å². The molecular formula is C26H23N3O5. The largest absolute Gasteiger partial charge is 0.508 e. The van der Waals surface area contributed by atoms with Crippen molar-refractivity contribution in [2.75, 3.05) is 19.1 Å². The van der Waals surface area contributed by atoms with Crippen molar-refractivity contribution in [3.8, 4) is 34.3 Å². The topological polar surface area (TPSA) is 105 Å². The monoisotopic (exact) mass is 457 g/mol. The van der Waals surface area contributed by atoms with Crippen LogP contribution >= 0.6 is 0 Å². The number of phenols is 2. The summed E-state index contributed by atoms with van der Waals surface area (Å²) < 4.78 is 10.6. The van der Waals surface area contributed by atoms with Crippen LogP contribution in [-0.2, 0) is 6.54 Å². The van der Waals surface area contributed by atoms with Crippen molar-refractivity contribution in [3.63, 3.8) is 0 Å². The normalized spacial score (nSPS) is 10.5. The maximum atomic E-state index is 13.4. The van der Waals surface area contributed by atoms with Gasteiger partial charge in [0, 0.05) is 35.8 Å². The minimum Gasteiger partial charge on any atom is -0.508 e. The molecule has 4 rings (SSSR count). The Labute approximate surface area is 196 Å². The molecule has 2 heterocycles. The number of pyridine rings is 2. The second-order valence-corrected chi connectivity index (χ2v) is 7.43. The molecule has 0 bridgehead atoms. The van der Waals surface area contributed by atoms with Crippen LogP contribution in [0.4, 0.5) is 5.69 Å². The van der Waals surface area contributed by atoms with E-state index in [0.29, 0.717) is 22.9 Å². The van der Waals surface area contributed by atoms with Gasteiger partial charge in [-0.15, -0.1) is 0 Å². The van der Waals surface area contributed by atoms with Gasteiger partial charge in [0.1, 0.15) is 11.5 Å². The Morgan fingerprint density at radius 3 is 2.35 bits per heavy atom. The summed E-state index contributed by atoms with van der Waals surface area (Å²) in [4.78, 5) is 23.5. The van der Waals surface area contributed by atoms with Gasteiger partial charge in [-0.3, -0.25) is 14.8 Å². The summed E-state index contributed by atoms with van der Waals surface area (Å²) in [5.41, 5.74) is 3.02. The summed E-state index contributed by atoms with van der Waals surface area (Å²) in [7, 11) is 3.11. The molecule has 0 aliphatic rings. The number of amides is 1. The van der Waals surface area contributed by atoms with Gasteiger partial charge < -0.3 is 24.6 Å². The van der Waals surface area contributed by atoms with Crippen LogP contribution in [0.2, 0.25) is 0 Å².